The van der Waals surface area contributed by atoms with Crippen LogP contribution in [0.15, 0.2) is 42.5 Å². The number of carbonyl (C=O) groups is 1. The van der Waals surface area contributed by atoms with Gasteiger partial charge in [-0.3, -0.25) is 4.79 Å². The molecule has 2 N–H and O–H groups in total. The van der Waals surface area contributed by atoms with Gasteiger partial charge >= 0.3 is 5.97 Å². The van der Waals surface area contributed by atoms with E-state index in [1.807, 2.05) is 0 Å². The fourth-order valence-corrected chi connectivity index (χ4v) is 1.68. The van der Waals surface area contributed by atoms with Gasteiger partial charge in [0.15, 0.2) is 11.6 Å². The molecule has 92 valence electrons. The summed E-state index contributed by atoms with van der Waals surface area (Å²) in [6, 6.07) is 11.0. The maximum absolute atomic E-state index is 13.2. The van der Waals surface area contributed by atoms with Gasteiger partial charge in [-0.2, -0.15) is 0 Å². The van der Waals surface area contributed by atoms with Crippen molar-refractivity contribution in [2.24, 2.45) is 0 Å². The molecule has 0 fully saturated rings. The second kappa shape index (κ2) is 4.87. The van der Waals surface area contributed by atoms with E-state index in [0.717, 1.165) is 5.56 Å². The van der Waals surface area contributed by atoms with Gasteiger partial charge in [-0.1, -0.05) is 30.3 Å². The number of hydrogen-bond acceptors (Lipinski definition) is 2. The van der Waals surface area contributed by atoms with E-state index in [1.165, 1.54) is 12.1 Å². The Bertz CT molecular complexity index is 576. The highest BCUT2D eigenvalue weighted by molar-refractivity contribution is 5.71. The number of phenols is 1. The van der Waals surface area contributed by atoms with Crippen LogP contribution in [0.5, 0.6) is 5.75 Å². The maximum atomic E-state index is 13.2. The number of carboxylic acid groups (broad SMARTS) is 1. The zero-order valence-corrected chi connectivity index (χ0v) is 9.43. The third-order valence-corrected chi connectivity index (χ3v) is 2.59. The van der Waals surface area contributed by atoms with Gasteiger partial charge in [0, 0.05) is 0 Å². The van der Waals surface area contributed by atoms with E-state index in [-0.39, 0.29) is 12.2 Å². The lowest BCUT2D eigenvalue weighted by atomic mass is 10.0. The molecule has 0 amide bonds. The molecule has 2 aromatic rings. The number of hydrogen-bond donors (Lipinski definition) is 2. The number of rotatable bonds is 3. The van der Waals surface area contributed by atoms with Crippen LogP contribution in [-0.2, 0) is 11.2 Å². The van der Waals surface area contributed by atoms with E-state index in [0.29, 0.717) is 11.1 Å². The summed E-state index contributed by atoms with van der Waals surface area (Å²) in [5, 5.41) is 17.7. The first-order valence-electron chi connectivity index (χ1n) is 5.36. The first-order chi connectivity index (χ1) is 8.56. The van der Waals surface area contributed by atoms with Gasteiger partial charge in [0.25, 0.3) is 0 Å². The number of benzene rings is 2. The lowest BCUT2D eigenvalue weighted by Crippen LogP contribution is -1.99. The molecule has 0 unspecified atom stereocenters. The van der Waals surface area contributed by atoms with Crippen molar-refractivity contribution in [2.45, 2.75) is 6.42 Å². The molecule has 0 radical (unpaired) electrons. The van der Waals surface area contributed by atoms with E-state index < -0.39 is 11.8 Å². The molecule has 3 nitrogen and oxygen atoms in total. The van der Waals surface area contributed by atoms with Crippen LogP contribution in [-0.4, -0.2) is 16.2 Å². The van der Waals surface area contributed by atoms with Crippen LogP contribution in [0, 0.1) is 5.82 Å². The van der Waals surface area contributed by atoms with Crippen molar-refractivity contribution in [3.8, 4) is 16.9 Å². The minimum Gasteiger partial charge on any atom is -0.505 e. The second-order valence-electron chi connectivity index (χ2n) is 3.93. The summed E-state index contributed by atoms with van der Waals surface area (Å²) in [6.45, 7) is 0. The fraction of sp³-hybridized carbons (Fsp3) is 0.0714. The summed E-state index contributed by atoms with van der Waals surface area (Å²) in [7, 11) is 0. The van der Waals surface area contributed by atoms with E-state index in [4.69, 9.17) is 10.2 Å². The van der Waals surface area contributed by atoms with Crippen LogP contribution in [0.2, 0.25) is 0 Å². The van der Waals surface area contributed by atoms with Crippen molar-refractivity contribution in [3.63, 3.8) is 0 Å². The highest BCUT2D eigenvalue weighted by Gasteiger charge is 2.05. The molecule has 0 atom stereocenters. The Balaban J connectivity index is 2.28. The Labute approximate surface area is 103 Å². The zero-order chi connectivity index (χ0) is 13.1. The Morgan fingerprint density at radius 3 is 2.22 bits per heavy atom. The van der Waals surface area contributed by atoms with E-state index in [1.54, 1.807) is 30.3 Å². The Morgan fingerprint density at radius 1 is 1.06 bits per heavy atom. The lowest BCUT2D eigenvalue weighted by molar-refractivity contribution is -0.136. The van der Waals surface area contributed by atoms with Crippen LogP contribution in [0.25, 0.3) is 11.1 Å². The van der Waals surface area contributed by atoms with E-state index >= 15 is 0 Å². The fourth-order valence-electron chi connectivity index (χ4n) is 1.68. The lowest BCUT2D eigenvalue weighted by Gasteiger charge is -2.04. The number of phenolic OH excluding ortho intramolecular Hbond substituents is 1. The van der Waals surface area contributed by atoms with Gasteiger partial charge in [-0.05, 0) is 28.8 Å². The summed E-state index contributed by atoms with van der Waals surface area (Å²) in [5.41, 5.74) is 2.08. The van der Waals surface area contributed by atoms with Crippen LogP contribution < -0.4 is 0 Å². The average molecular weight is 246 g/mol. The Morgan fingerprint density at radius 2 is 1.67 bits per heavy atom. The molecular weight excluding hydrogens is 235 g/mol. The molecule has 0 saturated carbocycles. The highest BCUT2D eigenvalue weighted by Crippen LogP contribution is 2.25. The van der Waals surface area contributed by atoms with Gasteiger partial charge in [0.2, 0.25) is 0 Å². The molecule has 4 heteroatoms. The third-order valence-electron chi connectivity index (χ3n) is 2.59. The first kappa shape index (κ1) is 12.1. The van der Waals surface area contributed by atoms with Crippen molar-refractivity contribution < 1.29 is 19.4 Å². The van der Waals surface area contributed by atoms with Crippen molar-refractivity contribution in [2.75, 3.05) is 0 Å². The molecule has 18 heavy (non-hydrogen) atoms. The molecule has 0 aliphatic rings. The van der Waals surface area contributed by atoms with Crippen LogP contribution >= 0.6 is 0 Å². The largest absolute Gasteiger partial charge is 0.505 e. The topological polar surface area (TPSA) is 57.5 Å². The summed E-state index contributed by atoms with van der Waals surface area (Å²) in [5.74, 6) is -1.96. The molecule has 2 aromatic carbocycles. The van der Waals surface area contributed by atoms with Crippen LogP contribution in [0.1, 0.15) is 5.56 Å². The van der Waals surface area contributed by atoms with Gasteiger partial charge in [-0.15, -0.1) is 0 Å². The van der Waals surface area contributed by atoms with Crippen molar-refractivity contribution >= 4 is 5.97 Å². The minimum atomic E-state index is -0.890. The van der Waals surface area contributed by atoms with Gasteiger partial charge in [-0.25, -0.2) is 4.39 Å². The standard InChI is InChI=1S/C14H11FO3/c15-12-8-11(5-6-13(12)16)10-3-1-9(2-4-10)7-14(17)18/h1-6,8,16H,7H2,(H,17,18). The van der Waals surface area contributed by atoms with E-state index in [9.17, 15) is 9.18 Å². The Hall–Kier alpha value is -2.36. The van der Waals surface area contributed by atoms with Crippen molar-refractivity contribution in [1.29, 1.82) is 0 Å². The predicted molar refractivity (Wildman–Crippen MR) is 64.8 cm³/mol. The summed E-state index contributed by atoms with van der Waals surface area (Å²) in [4.78, 5) is 10.5. The quantitative estimate of drug-likeness (QED) is 0.875. The molecule has 0 saturated heterocycles. The average Bonchev–Trinajstić information content (AvgIpc) is 2.33. The molecule has 0 spiro atoms. The Kier molecular flexibility index (Phi) is 3.28. The van der Waals surface area contributed by atoms with Gasteiger partial charge in [0.1, 0.15) is 0 Å². The number of halogens is 1. The molecule has 0 aliphatic heterocycles. The summed E-state index contributed by atoms with van der Waals surface area (Å²) in [6.07, 6.45) is -0.0375. The van der Waals surface area contributed by atoms with Crippen LogP contribution in [0.3, 0.4) is 0 Å². The van der Waals surface area contributed by atoms with Crippen molar-refractivity contribution in [3.05, 3.63) is 53.8 Å². The molecule has 2 rings (SSSR count). The number of aromatic hydroxyl groups is 1. The first-order valence-corrected chi connectivity index (χ1v) is 5.36. The maximum Gasteiger partial charge on any atom is 0.307 e. The van der Waals surface area contributed by atoms with Crippen LogP contribution in [0.4, 0.5) is 4.39 Å². The summed E-state index contributed by atoms with van der Waals surface area (Å²) >= 11 is 0. The molecule has 0 aromatic heterocycles. The normalized spacial score (nSPS) is 10.3. The second-order valence-corrected chi connectivity index (χ2v) is 3.93. The predicted octanol–water partition coefficient (Wildman–Crippen LogP) is 2.83. The molecular formula is C14H11FO3. The molecule has 0 heterocycles. The zero-order valence-electron chi connectivity index (χ0n) is 9.43. The van der Waals surface area contributed by atoms with E-state index in [2.05, 4.69) is 0 Å². The molecule has 0 aliphatic carbocycles. The molecule has 0 bridgehead atoms. The number of carboxylic acids is 1. The monoisotopic (exact) mass is 246 g/mol. The number of aliphatic carboxylic acids is 1. The highest BCUT2D eigenvalue weighted by atomic mass is 19.1. The summed E-state index contributed by atoms with van der Waals surface area (Å²) < 4.78 is 13.2. The van der Waals surface area contributed by atoms with Gasteiger partial charge in [0.05, 0.1) is 6.42 Å². The van der Waals surface area contributed by atoms with Gasteiger partial charge < -0.3 is 10.2 Å². The third kappa shape index (κ3) is 2.66. The smallest absolute Gasteiger partial charge is 0.307 e. The minimum absolute atomic E-state index is 0.0375. The SMILES string of the molecule is O=C(O)Cc1ccc(-c2ccc(O)c(F)c2)cc1. The van der Waals surface area contributed by atoms with Crippen molar-refractivity contribution in [1.82, 2.24) is 0 Å².